The van der Waals surface area contributed by atoms with Crippen molar-refractivity contribution in [2.75, 3.05) is 0 Å². The first-order valence-electron chi connectivity index (χ1n) is 5.54. The zero-order valence-electron chi connectivity index (χ0n) is 9.57. The Morgan fingerprint density at radius 2 is 1.94 bits per heavy atom. The topological polar surface area (TPSA) is 23.8 Å². The van der Waals surface area contributed by atoms with Gasteiger partial charge in [-0.25, -0.2) is 0 Å². The number of halogens is 1. The molecule has 2 aromatic rings. The van der Waals surface area contributed by atoms with Gasteiger partial charge in [-0.05, 0) is 35.2 Å². The van der Waals surface area contributed by atoms with Crippen molar-refractivity contribution in [1.29, 1.82) is 5.26 Å². The fourth-order valence-corrected chi connectivity index (χ4v) is 2.37. The highest BCUT2D eigenvalue weighted by atomic mass is 79.9. The number of hydrogen-bond acceptors (Lipinski definition) is 1. The van der Waals surface area contributed by atoms with Gasteiger partial charge in [0.15, 0.2) is 0 Å². The van der Waals surface area contributed by atoms with Crippen molar-refractivity contribution in [2.24, 2.45) is 0 Å². The molecular formula is C15H12BrN. The highest BCUT2D eigenvalue weighted by Gasteiger charge is 2.06. The Morgan fingerprint density at radius 1 is 1.18 bits per heavy atom. The lowest BCUT2D eigenvalue weighted by atomic mass is 9.98. The molecule has 17 heavy (non-hydrogen) atoms. The zero-order chi connectivity index (χ0) is 12.3. The summed E-state index contributed by atoms with van der Waals surface area (Å²) in [7, 11) is 0. The van der Waals surface area contributed by atoms with Crippen molar-refractivity contribution in [3.8, 4) is 17.2 Å². The highest BCUT2D eigenvalue weighted by molar-refractivity contribution is 9.10. The first-order chi connectivity index (χ1) is 8.26. The van der Waals surface area contributed by atoms with Crippen molar-refractivity contribution >= 4 is 15.9 Å². The fraction of sp³-hybridized carbons (Fsp3) is 0.133. The molecule has 0 aliphatic heterocycles. The number of aryl methyl sites for hydroxylation is 1. The monoisotopic (exact) mass is 285 g/mol. The number of benzene rings is 2. The molecule has 0 bridgehead atoms. The van der Waals surface area contributed by atoms with Gasteiger partial charge < -0.3 is 0 Å². The molecule has 0 saturated carbocycles. The predicted molar refractivity (Wildman–Crippen MR) is 73.7 cm³/mol. The van der Waals surface area contributed by atoms with Gasteiger partial charge in [-0.1, -0.05) is 53.2 Å². The van der Waals surface area contributed by atoms with Crippen molar-refractivity contribution in [2.45, 2.75) is 13.3 Å². The van der Waals surface area contributed by atoms with Crippen LogP contribution in [-0.4, -0.2) is 0 Å². The normalized spacial score (nSPS) is 9.94. The molecule has 0 aromatic heterocycles. The molecule has 2 aromatic carbocycles. The van der Waals surface area contributed by atoms with Gasteiger partial charge in [0.25, 0.3) is 0 Å². The van der Waals surface area contributed by atoms with Crippen molar-refractivity contribution in [3.05, 3.63) is 58.1 Å². The standard InChI is InChI=1S/C15H12BrN/c1-2-11-9-12(7-8-15(11)16)14-6-4-3-5-13(14)10-17/h3-9H,2H2,1H3. The molecule has 0 radical (unpaired) electrons. The second-order valence-corrected chi connectivity index (χ2v) is 4.67. The molecule has 2 rings (SSSR count). The summed E-state index contributed by atoms with van der Waals surface area (Å²) in [6.45, 7) is 2.13. The van der Waals surface area contributed by atoms with E-state index in [-0.39, 0.29) is 0 Å². The molecule has 1 nitrogen and oxygen atoms in total. The second kappa shape index (κ2) is 5.16. The second-order valence-electron chi connectivity index (χ2n) is 3.82. The average Bonchev–Trinajstić information content (AvgIpc) is 2.39. The Balaban J connectivity index is 2.58. The molecule has 0 saturated heterocycles. The molecule has 0 heterocycles. The molecule has 0 aliphatic rings. The van der Waals surface area contributed by atoms with E-state index in [4.69, 9.17) is 5.26 Å². The Kier molecular flexibility index (Phi) is 3.61. The minimum atomic E-state index is 0.719. The van der Waals surface area contributed by atoms with Gasteiger partial charge in [-0.15, -0.1) is 0 Å². The van der Waals surface area contributed by atoms with Gasteiger partial charge in [0.2, 0.25) is 0 Å². The molecule has 0 atom stereocenters. The smallest absolute Gasteiger partial charge is 0.0998 e. The van der Waals surface area contributed by atoms with Crippen LogP contribution in [0.2, 0.25) is 0 Å². The van der Waals surface area contributed by atoms with Crippen molar-refractivity contribution in [1.82, 2.24) is 0 Å². The molecule has 0 amide bonds. The lowest BCUT2D eigenvalue weighted by Gasteiger charge is -2.07. The molecule has 0 spiro atoms. The van der Waals surface area contributed by atoms with Gasteiger partial charge in [-0.3, -0.25) is 0 Å². The molecule has 84 valence electrons. The minimum absolute atomic E-state index is 0.719. The molecule has 0 N–H and O–H groups in total. The summed E-state index contributed by atoms with van der Waals surface area (Å²) in [5.74, 6) is 0. The van der Waals surface area contributed by atoms with Crippen LogP contribution in [0.15, 0.2) is 46.9 Å². The van der Waals surface area contributed by atoms with E-state index in [0.717, 1.165) is 27.6 Å². The van der Waals surface area contributed by atoms with E-state index in [9.17, 15) is 0 Å². The van der Waals surface area contributed by atoms with Crippen LogP contribution in [0.3, 0.4) is 0 Å². The number of rotatable bonds is 2. The largest absolute Gasteiger partial charge is 0.192 e. The summed E-state index contributed by atoms with van der Waals surface area (Å²) in [5.41, 5.74) is 4.08. The van der Waals surface area contributed by atoms with Crippen LogP contribution in [0.1, 0.15) is 18.1 Å². The first kappa shape index (κ1) is 11.9. The number of nitrogens with zero attached hydrogens (tertiary/aromatic N) is 1. The zero-order valence-corrected chi connectivity index (χ0v) is 11.2. The van der Waals surface area contributed by atoms with E-state index in [1.807, 2.05) is 36.4 Å². The lowest BCUT2D eigenvalue weighted by Crippen LogP contribution is -1.87. The van der Waals surface area contributed by atoms with E-state index in [2.05, 4.69) is 35.0 Å². The summed E-state index contributed by atoms with van der Waals surface area (Å²) < 4.78 is 1.12. The van der Waals surface area contributed by atoms with Crippen LogP contribution in [0, 0.1) is 11.3 Å². The van der Waals surface area contributed by atoms with Gasteiger partial charge in [0, 0.05) is 4.47 Å². The molecule has 0 aliphatic carbocycles. The fourth-order valence-electron chi connectivity index (χ4n) is 1.85. The van der Waals surface area contributed by atoms with E-state index in [1.165, 1.54) is 5.56 Å². The van der Waals surface area contributed by atoms with E-state index >= 15 is 0 Å². The summed E-state index contributed by atoms with van der Waals surface area (Å²) >= 11 is 3.53. The van der Waals surface area contributed by atoms with Gasteiger partial charge in [-0.2, -0.15) is 5.26 Å². The Bertz CT molecular complexity index is 582. The summed E-state index contributed by atoms with van der Waals surface area (Å²) in [6, 6.07) is 16.1. The van der Waals surface area contributed by atoms with Crippen molar-refractivity contribution in [3.63, 3.8) is 0 Å². The Labute approximate surface area is 110 Å². The molecule has 0 fully saturated rings. The van der Waals surface area contributed by atoms with E-state index in [1.54, 1.807) is 0 Å². The molecular weight excluding hydrogens is 274 g/mol. The summed E-state index contributed by atoms with van der Waals surface area (Å²) in [5, 5.41) is 9.10. The third-order valence-electron chi connectivity index (χ3n) is 2.79. The summed E-state index contributed by atoms with van der Waals surface area (Å²) in [4.78, 5) is 0. The Hall–Kier alpha value is -1.59. The number of nitriles is 1. The maximum atomic E-state index is 9.10. The van der Waals surface area contributed by atoms with Crippen LogP contribution in [-0.2, 0) is 6.42 Å². The maximum absolute atomic E-state index is 9.10. The van der Waals surface area contributed by atoms with Crippen LogP contribution in [0.25, 0.3) is 11.1 Å². The van der Waals surface area contributed by atoms with E-state index < -0.39 is 0 Å². The van der Waals surface area contributed by atoms with E-state index in [0.29, 0.717) is 0 Å². The third kappa shape index (κ3) is 2.40. The molecule has 2 heteroatoms. The summed E-state index contributed by atoms with van der Waals surface area (Å²) in [6.07, 6.45) is 0.975. The SMILES string of the molecule is CCc1cc(-c2ccccc2C#N)ccc1Br. The molecule has 0 unspecified atom stereocenters. The quantitative estimate of drug-likeness (QED) is 0.794. The highest BCUT2D eigenvalue weighted by Crippen LogP contribution is 2.27. The van der Waals surface area contributed by atoms with Crippen LogP contribution in [0.4, 0.5) is 0 Å². The number of hydrogen-bond donors (Lipinski definition) is 0. The van der Waals surface area contributed by atoms with Crippen LogP contribution < -0.4 is 0 Å². The Morgan fingerprint density at radius 3 is 2.65 bits per heavy atom. The third-order valence-corrected chi connectivity index (χ3v) is 3.56. The maximum Gasteiger partial charge on any atom is 0.0998 e. The minimum Gasteiger partial charge on any atom is -0.192 e. The van der Waals surface area contributed by atoms with Gasteiger partial charge in [0.1, 0.15) is 0 Å². The average molecular weight is 286 g/mol. The predicted octanol–water partition coefficient (Wildman–Crippen LogP) is 4.55. The van der Waals surface area contributed by atoms with Gasteiger partial charge in [0.05, 0.1) is 11.6 Å². The van der Waals surface area contributed by atoms with Crippen molar-refractivity contribution < 1.29 is 0 Å². The van der Waals surface area contributed by atoms with Gasteiger partial charge >= 0.3 is 0 Å². The van der Waals surface area contributed by atoms with Crippen LogP contribution >= 0.6 is 15.9 Å². The lowest BCUT2D eigenvalue weighted by molar-refractivity contribution is 1.13. The van der Waals surface area contributed by atoms with Crippen LogP contribution in [0.5, 0.6) is 0 Å². The first-order valence-corrected chi connectivity index (χ1v) is 6.33.